The summed E-state index contributed by atoms with van der Waals surface area (Å²) in [5.74, 6) is -0.477. The zero-order chi connectivity index (χ0) is 15.2. The maximum Gasteiger partial charge on any atom is 0.337 e. The Bertz CT molecular complexity index is 647. The number of anilines is 1. The van der Waals surface area contributed by atoms with E-state index in [1.807, 2.05) is 0 Å². The minimum Gasteiger partial charge on any atom is -0.490 e. The fourth-order valence-electron chi connectivity index (χ4n) is 1.77. The van der Waals surface area contributed by atoms with E-state index in [-0.39, 0.29) is 5.56 Å². The lowest BCUT2D eigenvalue weighted by Crippen LogP contribution is -2.14. The Morgan fingerprint density at radius 2 is 1.90 bits per heavy atom. The molecule has 0 unspecified atom stereocenters. The smallest absolute Gasteiger partial charge is 0.337 e. The number of hydrogen-bond acceptors (Lipinski definition) is 3. The van der Waals surface area contributed by atoms with E-state index in [1.54, 1.807) is 42.5 Å². The maximum atomic E-state index is 11.1. The van der Waals surface area contributed by atoms with Crippen LogP contribution in [0.15, 0.2) is 42.5 Å². The second kappa shape index (κ2) is 7.20. The highest BCUT2D eigenvalue weighted by Crippen LogP contribution is 2.31. The molecule has 2 aromatic carbocycles. The highest BCUT2D eigenvalue weighted by molar-refractivity contribution is 6.42. The summed E-state index contributed by atoms with van der Waals surface area (Å²) in [6.45, 7) is 0.765. The van der Waals surface area contributed by atoms with Crippen molar-refractivity contribution in [3.63, 3.8) is 0 Å². The first-order chi connectivity index (χ1) is 10.1. The first kappa shape index (κ1) is 15.5. The van der Waals surface area contributed by atoms with E-state index in [0.29, 0.717) is 34.6 Å². The van der Waals surface area contributed by atoms with E-state index in [1.165, 1.54) is 0 Å². The number of carbonyl (C=O) groups is 1. The molecule has 0 aliphatic carbocycles. The molecule has 0 bridgehead atoms. The number of carboxylic acids is 1. The van der Waals surface area contributed by atoms with E-state index in [4.69, 9.17) is 33.0 Å². The summed E-state index contributed by atoms with van der Waals surface area (Å²) < 4.78 is 5.51. The Kier molecular flexibility index (Phi) is 5.31. The molecule has 0 aliphatic rings. The van der Waals surface area contributed by atoms with Crippen molar-refractivity contribution in [2.45, 2.75) is 0 Å². The highest BCUT2D eigenvalue weighted by atomic mass is 35.5. The van der Waals surface area contributed by atoms with E-state index in [2.05, 4.69) is 5.32 Å². The molecular weight excluding hydrogens is 313 g/mol. The van der Waals surface area contributed by atoms with Gasteiger partial charge >= 0.3 is 5.97 Å². The molecule has 0 radical (unpaired) electrons. The van der Waals surface area contributed by atoms with Gasteiger partial charge in [-0.05, 0) is 24.3 Å². The topological polar surface area (TPSA) is 58.6 Å². The first-order valence-corrected chi connectivity index (χ1v) is 6.98. The Morgan fingerprint density at radius 3 is 2.67 bits per heavy atom. The summed E-state index contributed by atoms with van der Waals surface area (Å²) >= 11 is 11.9. The van der Waals surface area contributed by atoms with Gasteiger partial charge < -0.3 is 15.2 Å². The van der Waals surface area contributed by atoms with Crippen LogP contribution >= 0.6 is 23.2 Å². The Balaban J connectivity index is 1.91. The fraction of sp³-hybridized carbons (Fsp3) is 0.133. The van der Waals surface area contributed by atoms with E-state index < -0.39 is 5.97 Å². The fourth-order valence-corrected chi connectivity index (χ4v) is 2.11. The molecule has 0 spiro atoms. The van der Waals surface area contributed by atoms with Crippen molar-refractivity contribution in [1.82, 2.24) is 0 Å². The Morgan fingerprint density at radius 1 is 1.14 bits per heavy atom. The van der Waals surface area contributed by atoms with Crippen molar-refractivity contribution < 1.29 is 14.6 Å². The predicted molar refractivity (Wildman–Crippen MR) is 83.8 cm³/mol. The van der Waals surface area contributed by atoms with Gasteiger partial charge in [0.2, 0.25) is 0 Å². The van der Waals surface area contributed by atoms with Crippen molar-refractivity contribution in [3.8, 4) is 5.75 Å². The summed E-state index contributed by atoms with van der Waals surface area (Å²) in [5.41, 5.74) is 0.768. The van der Waals surface area contributed by atoms with Crippen LogP contribution < -0.4 is 10.1 Å². The van der Waals surface area contributed by atoms with Gasteiger partial charge in [0.05, 0.1) is 10.6 Å². The van der Waals surface area contributed by atoms with Gasteiger partial charge in [0.15, 0.2) is 0 Å². The molecule has 2 rings (SSSR count). The molecule has 0 saturated carbocycles. The standard InChI is InChI=1S/C15H13Cl2NO3/c16-11-5-3-7-13(14(11)17)21-9-8-18-12-6-2-1-4-10(12)15(19)20/h1-7,18H,8-9H2,(H,19,20). The minimum absolute atomic E-state index is 0.221. The van der Waals surface area contributed by atoms with Crippen molar-refractivity contribution in [2.24, 2.45) is 0 Å². The average molecular weight is 326 g/mol. The van der Waals surface area contributed by atoms with Crippen LogP contribution in [-0.4, -0.2) is 24.2 Å². The molecule has 0 fully saturated rings. The van der Waals surface area contributed by atoms with Gasteiger partial charge in [-0.25, -0.2) is 4.79 Å². The van der Waals surface area contributed by atoms with Crippen LogP contribution in [0.5, 0.6) is 5.75 Å². The van der Waals surface area contributed by atoms with Crippen LogP contribution in [0.4, 0.5) is 5.69 Å². The number of halogens is 2. The lowest BCUT2D eigenvalue weighted by molar-refractivity contribution is 0.0698. The van der Waals surface area contributed by atoms with Crippen LogP contribution in [0.25, 0.3) is 0 Å². The number of benzene rings is 2. The van der Waals surface area contributed by atoms with E-state index >= 15 is 0 Å². The van der Waals surface area contributed by atoms with Crippen molar-refractivity contribution >= 4 is 34.9 Å². The Hall–Kier alpha value is -1.91. The summed E-state index contributed by atoms with van der Waals surface area (Å²) in [6.07, 6.45) is 0. The Labute approximate surface area is 132 Å². The molecule has 0 saturated heterocycles. The van der Waals surface area contributed by atoms with Crippen LogP contribution in [-0.2, 0) is 0 Å². The van der Waals surface area contributed by atoms with Crippen LogP contribution in [0.2, 0.25) is 10.0 Å². The zero-order valence-electron chi connectivity index (χ0n) is 11.0. The van der Waals surface area contributed by atoms with Crippen LogP contribution in [0.1, 0.15) is 10.4 Å². The largest absolute Gasteiger partial charge is 0.490 e. The third-order valence-electron chi connectivity index (χ3n) is 2.75. The second-order valence-corrected chi connectivity index (χ2v) is 4.96. The molecule has 6 heteroatoms. The van der Waals surface area contributed by atoms with Crippen molar-refractivity contribution in [3.05, 3.63) is 58.1 Å². The average Bonchev–Trinajstić information content (AvgIpc) is 2.48. The molecule has 110 valence electrons. The molecular formula is C15H13Cl2NO3. The molecule has 0 amide bonds. The maximum absolute atomic E-state index is 11.1. The SMILES string of the molecule is O=C(O)c1ccccc1NCCOc1cccc(Cl)c1Cl. The number of nitrogens with one attached hydrogen (secondary N) is 1. The summed E-state index contributed by atoms with van der Waals surface area (Å²) in [7, 11) is 0. The van der Waals surface area contributed by atoms with Crippen LogP contribution in [0.3, 0.4) is 0 Å². The van der Waals surface area contributed by atoms with Crippen LogP contribution in [0, 0.1) is 0 Å². The van der Waals surface area contributed by atoms with Gasteiger partial charge in [0.1, 0.15) is 17.4 Å². The number of aromatic carboxylic acids is 1. The molecule has 0 heterocycles. The van der Waals surface area contributed by atoms with Gasteiger partial charge in [-0.2, -0.15) is 0 Å². The van der Waals surface area contributed by atoms with E-state index in [0.717, 1.165) is 0 Å². The molecule has 21 heavy (non-hydrogen) atoms. The lowest BCUT2D eigenvalue weighted by Gasteiger charge is -2.11. The molecule has 2 aromatic rings. The third-order valence-corrected chi connectivity index (χ3v) is 3.55. The number of carboxylic acid groups (broad SMARTS) is 1. The van der Waals surface area contributed by atoms with Crippen molar-refractivity contribution in [2.75, 3.05) is 18.5 Å². The number of rotatable bonds is 6. The normalized spacial score (nSPS) is 10.2. The molecule has 0 aliphatic heterocycles. The monoisotopic (exact) mass is 325 g/mol. The molecule has 0 aromatic heterocycles. The van der Waals surface area contributed by atoms with Gasteiger partial charge in [-0.3, -0.25) is 0 Å². The third kappa shape index (κ3) is 4.03. The predicted octanol–water partition coefficient (Wildman–Crippen LogP) is 4.18. The first-order valence-electron chi connectivity index (χ1n) is 6.22. The molecule has 0 atom stereocenters. The second-order valence-electron chi connectivity index (χ2n) is 4.18. The number of para-hydroxylation sites is 1. The quantitative estimate of drug-likeness (QED) is 0.782. The summed E-state index contributed by atoms with van der Waals surface area (Å²) in [6, 6.07) is 11.8. The summed E-state index contributed by atoms with van der Waals surface area (Å²) in [5, 5.41) is 12.9. The number of hydrogen-bond donors (Lipinski definition) is 2. The van der Waals surface area contributed by atoms with Gasteiger partial charge in [-0.15, -0.1) is 0 Å². The highest BCUT2D eigenvalue weighted by Gasteiger charge is 2.08. The van der Waals surface area contributed by atoms with Gasteiger partial charge in [0, 0.05) is 12.2 Å². The van der Waals surface area contributed by atoms with Crippen molar-refractivity contribution in [1.29, 1.82) is 0 Å². The zero-order valence-corrected chi connectivity index (χ0v) is 12.5. The van der Waals surface area contributed by atoms with Gasteiger partial charge in [-0.1, -0.05) is 41.4 Å². The van der Waals surface area contributed by atoms with Gasteiger partial charge in [0.25, 0.3) is 0 Å². The lowest BCUT2D eigenvalue weighted by atomic mass is 10.2. The number of ether oxygens (including phenoxy) is 1. The summed E-state index contributed by atoms with van der Waals surface area (Å²) in [4.78, 5) is 11.1. The molecule has 4 nitrogen and oxygen atoms in total. The molecule has 2 N–H and O–H groups in total. The van der Waals surface area contributed by atoms with E-state index in [9.17, 15) is 4.79 Å². The minimum atomic E-state index is -0.975.